The van der Waals surface area contributed by atoms with Gasteiger partial charge in [-0.2, -0.15) is 0 Å². The van der Waals surface area contributed by atoms with Crippen molar-refractivity contribution in [2.75, 3.05) is 14.1 Å². The molecule has 0 fully saturated rings. The Morgan fingerprint density at radius 3 is 2.15 bits per heavy atom. The van der Waals surface area contributed by atoms with E-state index < -0.39 is 18.0 Å². The van der Waals surface area contributed by atoms with E-state index in [1.807, 2.05) is 0 Å². The fourth-order valence-corrected chi connectivity index (χ4v) is 2.79. The van der Waals surface area contributed by atoms with E-state index in [9.17, 15) is 19.8 Å². The highest BCUT2D eigenvalue weighted by Crippen LogP contribution is 2.36. The summed E-state index contributed by atoms with van der Waals surface area (Å²) in [4.78, 5) is 26.5. The molecule has 0 radical (unpaired) electrons. The highest BCUT2D eigenvalue weighted by molar-refractivity contribution is 6.04. The van der Waals surface area contributed by atoms with Gasteiger partial charge in [0.25, 0.3) is 5.91 Å². The predicted octanol–water partition coefficient (Wildman–Crippen LogP) is 3.24. The summed E-state index contributed by atoms with van der Waals surface area (Å²) < 4.78 is 5.43. The van der Waals surface area contributed by atoms with Crippen LogP contribution in [0.4, 0.5) is 0 Å². The van der Waals surface area contributed by atoms with Gasteiger partial charge in [0.15, 0.2) is 0 Å². The topological polar surface area (TPSA) is 87.1 Å². The molecule has 2 N–H and O–H groups in total. The van der Waals surface area contributed by atoms with Crippen molar-refractivity contribution in [3.8, 4) is 11.5 Å². The molecule has 3 rings (SSSR count). The van der Waals surface area contributed by atoms with E-state index in [2.05, 4.69) is 0 Å². The maximum atomic E-state index is 12.7. The molecule has 0 unspecified atom stereocenters. The minimum atomic E-state index is -1.17. The second-order valence-corrected chi connectivity index (χ2v) is 6.27. The number of phenolic OH excluding ortho intramolecular Hbond substituents is 2. The minimum absolute atomic E-state index is 0.162. The van der Waals surface area contributed by atoms with Crippen molar-refractivity contribution in [1.82, 2.24) is 4.90 Å². The molecule has 0 spiro atoms. The van der Waals surface area contributed by atoms with Crippen molar-refractivity contribution in [2.45, 2.75) is 6.10 Å². The molecule has 0 heterocycles. The van der Waals surface area contributed by atoms with Crippen LogP contribution in [0, 0.1) is 0 Å². The Bertz CT molecular complexity index is 998. The van der Waals surface area contributed by atoms with Crippen LogP contribution in [0.2, 0.25) is 0 Å². The third kappa shape index (κ3) is 3.55. The summed E-state index contributed by atoms with van der Waals surface area (Å²) >= 11 is 0. The first-order chi connectivity index (χ1) is 12.9. The van der Waals surface area contributed by atoms with Crippen LogP contribution in [0.1, 0.15) is 22.0 Å². The molecule has 27 heavy (non-hydrogen) atoms. The Kier molecular flexibility index (Phi) is 4.98. The molecule has 0 aromatic heterocycles. The van der Waals surface area contributed by atoms with Crippen molar-refractivity contribution >= 4 is 22.6 Å². The van der Waals surface area contributed by atoms with Crippen molar-refractivity contribution in [3.05, 3.63) is 71.8 Å². The molecule has 1 atom stereocenters. The number of aromatic hydroxyl groups is 2. The first kappa shape index (κ1) is 18.3. The van der Waals surface area contributed by atoms with E-state index >= 15 is 0 Å². The van der Waals surface area contributed by atoms with E-state index in [-0.39, 0.29) is 17.1 Å². The summed E-state index contributed by atoms with van der Waals surface area (Å²) in [6.07, 6.45) is -1.17. The average Bonchev–Trinajstić information content (AvgIpc) is 2.68. The molecule has 6 heteroatoms. The number of nitrogens with zero attached hydrogens (tertiary/aromatic N) is 1. The van der Waals surface area contributed by atoms with Crippen molar-refractivity contribution in [2.24, 2.45) is 0 Å². The molecular formula is C21H19NO5. The van der Waals surface area contributed by atoms with E-state index in [4.69, 9.17) is 4.74 Å². The standard InChI is InChI=1S/C21H19NO5/c1-22(2)20(25)19(13-8-4-3-5-9-13)27-21(26)16-12-17(23)14-10-6-7-11-15(14)18(16)24/h3-12,19,23-24H,1-2H3/t19-/m0/s1. The van der Waals surface area contributed by atoms with Gasteiger partial charge in [0.1, 0.15) is 17.1 Å². The summed E-state index contributed by atoms with van der Waals surface area (Å²) in [5.41, 5.74) is 0.299. The fraction of sp³-hybridized carbons (Fsp3) is 0.143. The maximum absolute atomic E-state index is 12.7. The number of benzene rings is 3. The van der Waals surface area contributed by atoms with Gasteiger partial charge in [-0.1, -0.05) is 54.6 Å². The second kappa shape index (κ2) is 7.37. The van der Waals surface area contributed by atoms with Crippen molar-refractivity contribution in [1.29, 1.82) is 0 Å². The van der Waals surface area contributed by atoms with Gasteiger partial charge in [-0.3, -0.25) is 4.79 Å². The summed E-state index contributed by atoms with van der Waals surface area (Å²) in [7, 11) is 3.12. The number of carbonyl (C=O) groups is 2. The van der Waals surface area contributed by atoms with Crippen LogP contribution in [0.25, 0.3) is 10.8 Å². The highest BCUT2D eigenvalue weighted by Gasteiger charge is 2.28. The number of likely N-dealkylation sites (N-methyl/N-ethyl adjacent to an activating group) is 1. The maximum Gasteiger partial charge on any atom is 0.343 e. The van der Waals surface area contributed by atoms with Gasteiger partial charge >= 0.3 is 5.97 Å². The van der Waals surface area contributed by atoms with Crippen LogP contribution in [0.15, 0.2) is 60.7 Å². The Balaban J connectivity index is 2.00. The van der Waals surface area contributed by atoms with Gasteiger partial charge in [-0.05, 0) is 6.07 Å². The molecule has 0 aliphatic carbocycles. The van der Waals surface area contributed by atoms with Crippen LogP contribution in [0.5, 0.6) is 11.5 Å². The molecule has 0 saturated carbocycles. The van der Waals surface area contributed by atoms with Crippen LogP contribution in [-0.2, 0) is 9.53 Å². The summed E-state index contributed by atoms with van der Waals surface area (Å²) in [6, 6.07) is 16.4. The number of esters is 1. The number of hydrogen-bond acceptors (Lipinski definition) is 5. The summed E-state index contributed by atoms with van der Waals surface area (Å²) in [5, 5.41) is 21.4. The minimum Gasteiger partial charge on any atom is -0.507 e. The van der Waals surface area contributed by atoms with Gasteiger partial charge in [0, 0.05) is 30.4 Å². The Hall–Kier alpha value is -3.54. The largest absolute Gasteiger partial charge is 0.507 e. The van der Waals surface area contributed by atoms with Gasteiger partial charge in [0.2, 0.25) is 6.10 Å². The molecule has 0 saturated heterocycles. The summed E-state index contributed by atoms with van der Waals surface area (Å²) in [5.74, 6) is -1.79. The number of amides is 1. The SMILES string of the molecule is CN(C)C(=O)[C@@H](OC(=O)c1cc(O)c2ccccc2c1O)c1ccccc1. The van der Waals surface area contributed by atoms with Crippen molar-refractivity contribution in [3.63, 3.8) is 0 Å². The normalized spacial score (nSPS) is 11.8. The molecule has 0 aliphatic rings. The third-order valence-electron chi connectivity index (χ3n) is 4.21. The number of ether oxygens (including phenoxy) is 1. The van der Waals surface area contributed by atoms with Crippen LogP contribution >= 0.6 is 0 Å². The Morgan fingerprint density at radius 2 is 1.52 bits per heavy atom. The Labute approximate surface area is 156 Å². The number of hydrogen-bond donors (Lipinski definition) is 2. The predicted molar refractivity (Wildman–Crippen MR) is 101 cm³/mol. The number of rotatable bonds is 4. The molecule has 138 valence electrons. The van der Waals surface area contributed by atoms with E-state index in [0.717, 1.165) is 6.07 Å². The van der Waals surface area contributed by atoms with Crippen LogP contribution in [-0.4, -0.2) is 41.1 Å². The number of carbonyl (C=O) groups excluding carboxylic acids is 2. The molecule has 3 aromatic rings. The molecule has 1 amide bonds. The van der Waals surface area contributed by atoms with E-state index in [1.165, 1.54) is 4.90 Å². The van der Waals surface area contributed by atoms with Gasteiger partial charge in [0.05, 0.1) is 0 Å². The van der Waals surface area contributed by atoms with Crippen LogP contribution < -0.4 is 0 Å². The average molecular weight is 365 g/mol. The molecular weight excluding hydrogens is 346 g/mol. The van der Waals surface area contributed by atoms with Crippen LogP contribution in [0.3, 0.4) is 0 Å². The monoisotopic (exact) mass is 365 g/mol. The van der Waals surface area contributed by atoms with E-state index in [0.29, 0.717) is 16.3 Å². The zero-order chi connectivity index (χ0) is 19.6. The zero-order valence-electron chi connectivity index (χ0n) is 14.9. The highest BCUT2D eigenvalue weighted by atomic mass is 16.5. The number of phenols is 2. The lowest BCUT2D eigenvalue weighted by Crippen LogP contribution is -2.31. The molecule has 0 bridgehead atoms. The van der Waals surface area contributed by atoms with E-state index in [1.54, 1.807) is 68.7 Å². The lowest BCUT2D eigenvalue weighted by atomic mass is 10.0. The van der Waals surface area contributed by atoms with Gasteiger partial charge in [-0.25, -0.2) is 4.79 Å². The first-order valence-electron chi connectivity index (χ1n) is 8.31. The lowest BCUT2D eigenvalue weighted by Gasteiger charge is -2.21. The second-order valence-electron chi connectivity index (χ2n) is 6.27. The zero-order valence-corrected chi connectivity index (χ0v) is 14.9. The quantitative estimate of drug-likeness (QED) is 0.547. The summed E-state index contributed by atoms with van der Waals surface area (Å²) in [6.45, 7) is 0. The lowest BCUT2D eigenvalue weighted by molar-refractivity contribution is -0.138. The molecule has 6 nitrogen and oxygen atoms in total. The smallest absolute Gasteiger partial charge is 0.343 e. The molecule has 0 aliphatic heterocycles. The first-order valence-corrected chi connectivity index (χ1v) is 8.31. The fourth-order valence-electron chi connectivity index (χ4n) is 2.79. The third-order valence-corrected chi connectivity index (χ3v) is 4.21. The molecule has 3 aromatic carbocycles. The van der Waals surface area contributed by atoms with Gasteiger partial charge < -0.3 is 19.8 Å². The Morgan fingerprint density at radius 1 is 0.926 bits per heavy atom. The van der Waals surface area contributed by atoms with Gasteiger partial charge in [-0.15, -0.1) is 0 Å². The van der Waals surface area contributed by atoms with Crippen molar-refractivity contribution < 1.29 is 24.5 Å². The number of fused-ring (bicyclic) bond motifs is 1.